The number of hydrogen-bond acceptors (Lipinski definition) is 3. The largest absolute Gasteiger partial charge is 0.493 e. The highest BCUT2D eigenvalue weighted by Crippen LogP contribution is 2.17. The van der Waals surface area contributed by atoms with Gasteiger partial charge in [-0.1, -0.05) is 17.7 Å². The minimum atomic E-state index is 0.253. The third kappa shape index (κ3) is 6.51. The van der Waals surface area contributed by atoms with Crippen LogP contribution in [-0.4, -0.2) is 43.4 Å². The van der Waals surface area contributed by atoms with Gasteiger partial charge >= 0.3 is 0 Å². The molecule has 0 saturated heterocycles. The summed E-state index contributed by atoms with van der Waals surface area (Å²) in [5.41, 5.74) is 0. The zero-order chi connectivity index (χ0) is 12.5. The van der Waals surface area contributed by atoms with E-state index in [4.69, 9.17) is 21.4 Å². The first kappa shape index (κ1) is 14.3. The molecule has 0 aromatic heterocycles. The Hall–Kier alpha value is -0.770. The van der Waals surface area contributed by atoms with Crippen molar-refractivity contribution in [3.8, 4) is 5.75 Å². The normalized spacial score (nSPS) is 10.8. The summed E-state index contributed by atoms with van der Waals surface area (Å²) in [6.45, 7) is 2.83. The van der Waals surface area contributed by atoms with Crippen molar-refractivity contribution in [2.45, 2.75) is 12.8 Å². The second kappa shape index (κ2) is 8.34. The fourth-order valence-electron chi connectivity index (χ4n) is 1.53. The zero-order valence-corrected chi connectivity index (χ0v) is 11.0. The lowest BCUT2D eigenvalue weighted by molar-refractivity contribution is 0.231. The molecule has 0 unspecified atom stereocenters. The SMILES string of the molecule is CN(CCCO)CCCOc1cccc(Cl)c1. The molecule has 0 aliphatic carbocycles. The average molecular weight is 258 g/mol. The second-order valence-corrected chi connectivity index (χ2v) is 4.48. The Morgan fingerprint density at radius 3 is 2.76 bits per heavy atom. The van der Waals surface area contributed by atoms with Gasteiger partial charge in [0, 0.05) is 24.7 Å². The van der Waals surface area contributed by atoms with E-state index in [1.165, 1.54) is 0 Å². The van der Waals surface area contributed by atoms with Gasteiger partial charge in [-0.3, -0.25) is 0 Å². The van der Waals surface area contributed by atoms with Gasteiger partial charge in [0.2, 0.25) is 0 Å². The summed E-state index contributed by atoms with van der Waals surface area (Å²) >= 11 is 5.85. The van der Waals surface area contributed by atoms with Gasteiger partial charge in [0.25, 0.3) is 0 Å². The number of ether oxygens (including phenoxy) is 1. The number of nitrogens with zero attached hydrogens (tertiary/aromatic N) is 1. The van der Waals surface area contributed by atoms with Gasteiger partial charge < -0.3 is 14.7 Å². The Labute approximate surface area is 108 Å². The Balaban J connectivity index is 2.11. The number of aliphatic hydroxyl groups excluding tert-OH is 1. The van der Waals surface area contributed by atoms with E-state index in [0.29, 0.717) is 11.6 Å². The van der Waals surface area contributed by atoms with Gasteiger partial charge in [-0.05, 0) is 38.1 Å². The fourth-order valence-corrected chi connectivity index (χ4v) is 1.71. The van der Waals surface area contributed by atoms with Crippen LogP contribution < -0.4 is 4.74 Å². The molecule has 17 heavy (non-hydrogen) atoms. The summed E-state index contributed by atoms with van der Waals surface area (Å²) in [5, 5.41) is 9.39. The van der Waals surface area contributed by atoms with E-state index in [1.54, 1.807) is 0 Å². The minimum Gasteiger partial charge on any atom is -0.493 e. The molecule has 96 valence electrons. The maximum atomic E-state index is 8.70. The molecule has 1 aromatic carbocycles. The zero-order valence-electron chi connectivity index (χ0n) is 10.2. The van der Waals surface area contributed by atoms with Crippen LogP contribution in [0.2, 0.25) is 5.02 Å². The molecule has 0 amide bonds. The molecule has 0 radical (unpaired) electrons. The first-order valence-electron chi connectivity index (χ1n) is 5.90. The van der Waals surface area contributed by atoms with Crippen molar-refractivity contribution in [1.82, 2.24) is 4.90 Å². The monoisotopic (exact) mass is 257 g/mol. The first-order chi connectivity index (χ1) is 8.22. The lowest BCUT2D eigenvalue weighted by Crippen LogP contribution is -2.23. The molecule has 4 heteroatoms. The molecule has 0 fully saturated rings. The number of aliphatic hydroxyl groups is 1. The van der Waals surface area contributed by atoms with Crippen molar-refractivity contribution >= 4 is 11.6 Å². The lowest BCUT2D eigenvalue weighted by Gasteiger charge is -2.15. The lowest BCUT2D eigenvalue weighted by atomic mass is 10.3. The summed E-state index contributed by atoms with van der Waals surface area (Å²) in [6, 6.07) is 7.43. The predicted molar refractivity (Wildman–Crippen MR) is 70.8 cm³/mol. The predicted octanol–water partition coefficient (Wildman–Crippen LogP) is 2.42. The van der Waals surface area contributed by atoms with Crippen molar-refractivity contribution in [3.05, 3.63) is 29.3 Å². The summed E-state index contributed by atoms with van der Waals surface area (Å²) in [4.78, 5) is 2.19. The molecule has 0 spiro atoms. The van der Waals surface area contributed by atoms with Crippen LogP contribution in [0.3, 0.4) is 0 Å². The van der Waals surface area contributed by atoms with Crippen LogP contribution in [0.25, 0.3) is 0 Å². The number of benzene rings is 1. The van der Waals surface area contributed by atoms with E-state index in [9.17, 15) is 0 Å². The second-order valence-electron chi connectivity index (χ2n) is 4.04. The van der Waals surface area contributed by atoms with Crippen LogP contribution in [0.15, 0.2) is 24.3 Å². The number of hydrogen-bond donors (Lipinski definition) is 1. The highest BCUT2D eigenvalue weighted by molar-refractivity contribution is 6.30. The summed E-state index contributed by atoms with van der Waals surface area (Å²) in [5.74, 6) is 0.815. The Bertz CT molecular complexity index is 320. The molecule has 1 rings (SSSR count). The molecule has 0 atom stereocenters. The molecular formula is C13H20ClNO2. The van der Waals surface area contributed by atoms with Crippen LogP contribution in [-0.2, 0) is 0 Å². The third-order valence-electron chi connectivity index (χ3n) is 2.45. The van der Waals surface area contributed by atoms with E-state index in [2.05, 4.69) is 11.9 Å². The van der Waals surface area contributed by atoms with Crippen molar-refractivity contribution in [2.75, 3.05) is 33.4 Å². The highest BCUT2D eigenvalue weighted by atomic mass is 35.5. The van der Waals surface area contributed by atoms with Gasteiger partial charge in [0.1, 0.15) is 5.75 Å². The summed E-state index contributed by atoms with van der Waals surface area (Å²) in [6.07, 6.45) is 1.79. The molecule has 0 saturated carbocycles. The van der Waals surface area contributed by atoms with Crippen LogP contribution in [0.4, 0.5) is 0 Å². The highest BCUT2D eigenvalue weighted by Gasteiger charge is 1.98. The topological polar surface area (TPSA) is 32.7 Å². The van der Waals surface area contributed by atoms with Crippen LogP contribution in [0, 0.1) is 0 Å². The van der Waals surface area contributed by atoms with Gasteiger partial charge in [-0.25, -0.2) is 0 Å². The van der Waals surface area contributed by atoms with Crippen molar-refractivity contribution in [3.63, 3.8) is 0 Å². The quantitative estimate of drug-likeness (QED) is 0.726. The van der Waals surface area contributed by atoms with Crippen LogP contribution in [0.1, 0.15) is 12.8 Å². The molecule has 0 bridgehead atoms. The van der Waals surface area contributed by atoms with Gasteiger partial charge in [0.05, 0.1) is 6.61 Å². The van der Waals surface area contributed by atoms with Gasteiger partial charge in [0.15, 0.2) is 0 Å². The molecule has 1 aromatic rings. The van der Waals surface area contributed by atoms with E-state index < -0.39 is 0 Å². The van der Waals surface area contributed by atoms with Gasteiger partial charge in [-0.15, -0.1) is 0 Å². The summed E-state index contributed by atoms with van der Waals surface area (Å²) in [7, 11) is 2.05. The average Bonchev–Trinajstić information content (AvgIpc) is 2.32. The molecule has 0 aliphatic rings. The van der Waals surface area contributed by atoms with Crippen molar-refractivity contribution in [1.29, 1.82) is 0 Å². The van der Waals surface area contributed by atoms with E-state index in [1.807, 2.05) is 24.3 Å². The maximum absolute atomic E-state index is 8.70. The maximum Gasteiger partial charge on any atom is 0.120 e. The Morgan fingerprint density at radius 2 is 2.06 bits per heavy atom. The fraction of sp³-hybridized carbons (Fsp3) is 0.538. The minimum absolute atomic E-state index is 0.253. The first-order valence-corrected chi connectivity index (χ1v) is 6.28. The Kier molecular flexibility index (Phi) is 7.01. The molecule has 0 heterocycles. The summed E-state index contributed by atoms with van der Waals surface area (Å²) < 4.78 is 5.58. The van der Waals surface area contributed by atoms with Crippen LogP contribution >= 0.6 is 11.6 Å². The molecule has 0 aliphatic heterocycles. The molecular weight excluding hydrogens is 238 g/mol. The number of halogens is 1. The standard InChI is InChI=1S/C13H20ClNO2/c1-15(7-3-9-16)8-4-10-17-13-6-2-5-12(14)11-13/h2,5-6,11,16H,3-4,7-10H2,1H3. The van der Waals surface area contributed by atoms with Crippen molar-refractivity contribution < 1.29 is 9.84 Å². The van der Waals surface area contributed by atoms with Gasteiger partial charge in [-0.2, -0.15) is 0 Å². The van der Waals surface area contributed by atoms with E-state index >= 15 is 0 Å². The van der Waals surface area contributed by atoms with E-state index in [0.717, 1.165) is 31.7 Å². The van der Waals surface area contributed by atoms with E-state index in [-0.39, 0.29) is 6.61 Å². The molecule has 1 N–H and O–H groups in total. The van der Waals surface area contributed by atoms with Crippen molar-refractivity contribution in [2.24, 2.45) is 0 Å². The smallest absolute Gasteiger partial charge is 0.120 e. The Morgan fingerprint density at radius 1 is 1.29 bits per heavy atom. The third-order valence-corrected chi connectivity index (χ3v) is 2.68. The van der Waals surface area contributed by atoms with Crippen LogP contribution in [0.5, 0.6) is 5.75 Å². The number of rotatable bonds is 8. The molecule has 3 nitrogen and oxygen atoms in total.